The molecule has 0 radical (unpaired) electrons. The Balaban J connectivity index is 3.26. The summed E-state index contributed by atoms with van der Waals surface area (Å²) in [5, 5.41) is 3.63. The van der Waals surface area contributed by atoms with Gasteiger partial charge in [-0.25, -0.2) is 4.79 Å². The van der Waals surface area contributed by atoms with Crippen LogP contribution in [0, 0.1) is 5.92 Å². The molecule has 8 nitrogen and oxygen atoms in total. The molecule has 148 valence electrons. The molecule has 0 aliphatic heterocycles. The fourth-order valence-electron chi connectivity index (χ4n) is 2.53. The quantitative estimate of drug-likeness (QED) is 0.424. The van der Waals surface area contributed by atoms with Crippen LogP contribution < -0.4 is 32.1 Å². The van der Waals surface area contributed by atoms with E-state index in [1.54, 1.807) is 4.90 Å². The number of H-pyrrole nitrogens is 1. The fourth-order valence-corrected chi connectivity index (χ4v) is 2.80. The number of aromatic amines is 1. The Kier molecular flexibility index (Phi) is 8.80. The van der Waals surface area contributed by atoms with Gasteiger partial charge in [0.15, 0.2) is 10.8 Å². The topological polar surface area (TPSA) is 101 Å². The van der Waals surface area contributed by atoms with E-state index in [1.807, 2.05) is 20.8 Å². The van der Waals surface area contributed by atoms with E-state index in [-0.39, 0.29) is 17.4 Å². The molecule has 5 N–H and O–H groups in total. The molecule has 1 aromatic rings. The number of nitrogens with two attached hydrogens (primary N) is 1. The van der Waals surface area contributed by atoms with Crippen LogP contribution >= 0.6 is 12.2 Å². The van der Waals surface area contributed by atoms with Gasteiger partial charge in [0.2, 0.25) is 0 Å². The molecule has 0 aliphatic rings. The summed E-state index contributed by atoms with van der Waals surface area (Å²) in [6.07, 6.45) is 1.72. The second kappa shape index (κ2) is 10.3. The Morgan fingerprint density at radius 1 is 1.38 bits per heavy atom. The van der Waals surface area contributed by atoms with E-state index in [1.165, 1.54) is 9.47 Å². The van der Waals surface area contributed by atoms with Crippen LogP contribution in [-0.4, -0.2) is 48.4 Å². The molecule has 9 heteroatoms. The summed E-state index contributed by atoms with van der Waals surface area (Å²) in [5.41, 5.74) is 5.47. The van der Waals surface area contributed by atoms with Crippen LogP contribution in [0.4, 0.5) is 11.5 Å². The van der Waals surface area contributed by atoms with Crippen LogP contribution in [-0.2, 0) is 6.54 Å². The summed E-state index contributed by atoms with van der Waals surface area (Å²) in [7, 11) is 4.12. The number of hydrogen-bond acceptors (Lipinski definition) is 4. The lowest BCUT2D eigenvalue weighted by atomic mass is 10.2. The average molecular weight is 386 g/mol. The number of anilines is 2. The van der Waals surface area contributed by atoms with Gasteiger partial charge in [-0.3, -0.25) is 14.3 Å². The van der Waals surface area contributed by atoms with Gasteiger partial charge in [-0.15, -0.1) is 0 Å². The zero-order chi connectivity index (χ0) is 19.9. The largest absolute Gasteiger partial charge is 0.383 e. The highest BCUT2D eigenvalue weighted by molar-refractivity contribution is 7.80. The monoisotopic (exact) mass is 385 g/mol. The first-order valence-electron chi connectivity index (χ1n) is 9.16. The SMILES string of the molecule is CCCCn1c(N)c(N(CC(C)C)C(=S)NCC[NH+](C)C)c(=O)[nH]c1=O. The van der Waals surface area contributed by atoms with Crippen molar-refractivity contribution in [2.45, 2.75) is 40.2 Å². The third kappa shape index (κ3) is 6.14. The van der Waals surface area contributed by atoms with Crippen molar-refractivity contribution in [3.63, 3.8) is 0 Å². The summed E-state index contributed by atoms with van der Waals surface area (Å²) in [6, 6.07) is 0. The maximum absolute atomic E-state index is 12.5. The van der Waals surface area contributed by atoms with Crippen LogP contribution in [0.1, 0.15) is 33.6 Å². The Morgan fingerprint density at radius 2 is 2.04 bits per heavy atom. The van der Waals surface area contributed by atoms with Crippen molar-refractivity contribution in [1.82, 2.24) is 14.9 Å². The smallest absolute Gasteiger partial charge is 0.330 e. The molecule has 0 amide bonds. The minimum absolute atomic E-state index is 0.162. The first kappa shape index (κ1) is 22.2. The number of quaternary nitrogens is 1. The molecule has 0 bridgehead atoms. The molecule has 0 saturated heterocycles. The lowest BCUT2D eigenvalue weighted by Gasteiger charge is -2.28. The Hall–Kier alpha value is -1.87. The lowest BCUT2D eigenvalue weighted by molar-refractivity contribution is -0.856. The number of rotatable bonds is 9. The van der Waals surface area contributed by atoms with E-state index in [4.69, 9.17) is 18.0 Å². The number of nitrogens with one attached hydrogen (secondary N) is 3. The highest BCUT2D eigenvalue weighted by atomic mass is 32.1. The summed E-state index contributed by atoms with van der Waals surface area (Å²) < 4.78 is 1.42. The zero-order valence-corrected chi connectivity index (χ0v) is 17.3. The third-order valence-corrected chi connectivity index (χ3v) is 4.28. The zero-order valence-electron chi connectivity index (χ0n) is 16.5. The van der Waals surface area contributed by atoms with E-state index in [0.717, 1.165) is 19.4 Å². The first-order valence-corrected chi connectivity index (χ1v) is 9.56. The van der Waals surface area contributed by atoms with Gasteiger partial charge in [0.1, 0.15) is 5.82 Å². The normalized spacial score (nSPS) is 11.2. The van der Waals surface area contributed by atoms with Crippen molar-refractivity contribution < 1.29 is 4.90 Å². The van der Waals surface area contributed by atoms with Gasteiger partial charge in [-0.1, -0.05) is 27.2 Å². The Labute approximate surface area is 160 Å². The van der Waals surface area contributed by atoms with Gasteiger partial charge in [-0.05, 0) is 24.6 Å². The average Bonchev–Trinajstić information content (AvgIpc) is 2.52. The maximum atomic E-state index is 12.5. The standard InChI is InChI=1S/C17H32N6O2S/c1-6-7-9-22-14(18)13(15(24)20-16(22)25)23(11-12(2)3)17(26)19-8-10-21(4)5/h12H,6-11,18H2,1-5H3,(H,19,26)(H,20,24,25)/p+1. The maximum Gasteiger partial charge on any atom is 0.330 e. The number of nitrogens with zero attached hydrogens (tertiary/aromatic N) is 2. The Bertz CT molecular complexity index is 710. The lowest BCUT2D eigenvalue weighted by Crippen LogP contribution is -3.06. The molecule has 0 atom stereocenters. The Morgan fingerprint density at radius 3 is 2.58 bits per heavy atom. The predicted octanol–water partition coefficient (Wildman–Crippen LogP) is -0.600. The molecular formula is C17H33N6O2S+. The minimum Gasteiger partial charge on any atom is -0.383 e. The molecule has 0 aliphatic carbocycles. The first-order chi connectivity index (χ1) is 12.2. The summed E-state index contributed by atoms with van der Waals surface area (Å²) in [5.74, 6) is 0.416. The highest BCUT2D eigenvalue weighted by Gasteiger charge is 2.22. The number of nitrogen functional groups attached to an aromatic ring is 1. The van der Waals surface area contributed by atoms with E-state index in [0.29, 0.717) is 24.7 Å². The van der Waals surface area contributed by atoms with Gasteiger partial charge >= 0.3 is 5.69 Å². The van der Waals surface area contributed by atoms with Gasteiger partial charge in [0.05, 0.1) is 27.2 Å². The molecule has 26 heavy (non-hydrogen) atoms. The summed E-state index contributed by atoms with van der Waals surface area (Å²) in [4.78, 5) is 30.0. The van der Waals surface area contributed by atoms with Crippen molar-refractivity contribution in [1.29, 1.82) is 0 Å². The number of hydrogen-bond donors (Lipinski definition) is 4. The molecule has 0 aromatic carbocycles. The van der Waals surface area contributed by atoms with E-state index in [2.05, 4.69) is 24.4 Å². The van der Waals surface area contributed by atoms with Crippen LogP contribution in [0.3, 0.4) is 0 Å². The molecule has 1 aromatic heterocycles. The molecule has 0 spiro atoms. The van der Waals surface area contributed by atoms with Gasteiger partial charge < -0.3 is 20.9 Å². The fraction of sp³-hybridized carbons (Fsp3) is 0.706. The minimum atomic E-state index is -0.511. The van der Waals surface area contributed by atoms with Crippen molar-refractivity contribution in [3.8, 4) is 0 Å². The van der Waals surface area contributed by atoms with Crippen LogP contribution in [0.2, 0.25) is 0 Å². The van der Waals surface area contributed by atoms with Crippen molar-refractivity contribution >= 4 is 28.8 Å². The number of aromatic nitrogens is 2. The van der Waals surface area contributed by atoms with Crippen LogP contribution in [0.25, 0.3) is 0 Å². The van der Waals surface area contributed by atoms with Crippen molar-refractivity contribution in [2.75, 3.05) is 44.4 Å². The van der Waals surface area contributed by atoms with Crippen molar-refractivity contribution in [2.24, 2.45) is 5.92 Å². The second-order valence-electron chi connectivity index (χ2n) is 7.19. The molecule has 1 rings (SSSR count). The summed E-state index contributed by atoms with van der Waals surface area (Å²) in [6.45, 7) is 8.67. The second-order valence-corrected chi connectivity index (χ2v) is 7.58. The highest BCUT2D eigenvalue weighted by Crippen LogP contribution is 2.18. The van der Waals surface area contributed by atoms with Crippen LogP contribution in [0.5, 0.6) is 0 Å². The molecular weight excluding hydrogens is 352 g/mol. The molecule has 0 fully saturated rings. The summed E-state index contributed by atoms with van der Waals surface area (Å²) >= 11 is 5.52. The van der Waals surface area contributed by atoms with Gasteiger partial charge in [-0.2, -0.15) is 0 Å². The predicted molar refractivity (Wildman–Crippen MR) is 111 cm³/mol. The van der Waals surface area contributed by atoms with Gasteiger partial charge in [0.25, 0.3) is 5.56 Å². The van der Waals surface area contributed by atoms with E-state index < -0.39 is 11.2 Å². The molecule has 1 heterocycles. The van der Waals surface area contributed by atoms with E-state index in [9.17, 15) is 9.59 Å². The van der Waals surface area contributed by atoms with E-state index >= 15 is 0 Å². The van der Waals surface area contributed by atoms with Crippen molar-refractivity contribution in [3.05, 3.63) is 20.8 Å². The molecule has 0 unspecified atom stereocenters. The van der Waals surface area contributed by atoms with Gasteiger partial charge in [0, 0.05) is 13.1 Å². The third-order valence-electron chi connectivity index (χ3n) is 3.91. The number of thiocarbonyl (C=S) groups is 1. The number of unbranched alkanes of at least 4 members (excludes halogenated alkanes) is 1. The number of likely N-dealkylation sites (N-methyl/N-ethyl adjacent to an activating group) is 1. The van der Waals surface area contributed by atoms with Crippen LogP contribution in [0.15, 0.2) is 9.59 Å². The molecule has 0 saturated carbocycles.